The Morgan fingerprint density at radius 1 is 1.05 bits per heavy atom. The SMILES string of the molecule is COc1cccc(NCc2ccccc2N2CCCC2)c1. The molecule has 0 bridgehead atoms. The number of hydrogen-bond acceptors (Lipinski definition) is 3. The molecule has 0 aliphatic carbocycles. The van der Waals surface area contributed by atoms with Crippen molar-refractivity contribution in [3.8, 4) is 5.75 Å². The van der Waals surface area contributed by atoms with Gasteiger partial charge in [-0.15, -0.1) is 0 Å². The first-order valence-electron chi connectivity index (χ1n) is 7.57. The van der Waals surface area contributed by atoms with Gasteiger partial charge in [-0.05, 0) is 36.6 Å². The number of nitrogens with zero attached hydrogens (tertiary/aromatic N) is 1. The van der Waals surface area contributed by atoms with E-state index in [9.17, 15) is 0 Å². The number of hydrogen-bond donors (Lipinski definition) is 1. The van der Waals surface area contributed by atoms with Gasteiger partial charge in [-0.3, -0.25) is 0 Å². The molecular weight excluding hydrogens is 260 g/mol. The molecule has 0 unspecified atom stereocenters. The van der Waals surface area contributed by atoms with E-state index in [-0.39, 0.29) is 0 Å². The van der Waals surface area contributed by atoms with Gasteiger partial charge < -0.3 is 15.0 Å². The summed E-state index contributed by atoms with van der Waals surface area (Å²) in [5, 5.41) is 3.49. The maximum Gasteiger partial charge on any atom is 0.120 e. The van der Waals surface area contributed by atoms with E-state index in [2.05, 4.69) is 40.5 Å². The van der Waals surface area contributed by atoms with E-state index in [0.717, 1.165) is 18.0 Å². The Kier molecular flexibility index (Phi) is 4.29. The largest absolute Gasteiger partial charge is 0.497 e. The average molecular weight is 282 g/mol. The molecule has 2 aromatic carbocycles. The molecule has 21 heavy (non-hydrogen) atoms. The number of ether oxygens (including phenoxy) is 1. The van der Waals surface area contributed by atoms with Crippen molar-refractivity contribution in [1.29, 1.82) is 0 Å². The van der Waals surface area contributed by atoms with Crippen molar-refractivity contribution in [2.75, 3.05) is 30.4 Å². The minimum absolute atomic E-state index is 0.833. The third-order valence-corrected chi connectivity index (χ3v) is 3.99. The minimum Gasteiger partial charge on any atom is -0.497 e. The first-order chi connectivity index (χ1) is 10.4. The summed E-state index contributed by atoms with van der Waals surface area (Å²) in [6.45, 7) is 3.19. The third kappa shape index (κ3) is 3.30. The average Bonchev–Trinajstić information content (AvgIpc) is 3.08. The van der Waals surface area contributed by atoms with Crippen molar-refractivity contribution < 1.29 is 4.74 Å². The highest BCUT2D eigenvalue weighted by atomic mass is 16.5. The van der Waals surface area contributed by atoms with Gasteiger partial charge in [0.25, 0.3) is 0 Å². The summed E-state index contributed by atoms with van der Waals surface area (Å²) in [6, 6.07) is 16.7. The van der Waals surface area contributed by atoms with Crippen LogP contribution >= 0.6 is 0 Å². The molecule has 0 aromatic heterocycles. The van der Waals surface area contributed by atoms with Crippen LogP contribution in [0.25, 0.3) is 0 Å². The molecule has 3 rings (SSSR count). The second kappa shape index (κ2) is 6.53. The fraction of sp³-hybridized carbons (Fsp3) is 0.333. The molecule has 1 aliphatic rings. The van der Waals surface area contributed by atoms with Gasteiger partial charge in [0.15, 0.2) is 0 Å². The zero-order valence-corrected chi connectivity index (χ0v) is 12.5. The number of anilines is 2. The second-order valence-electron chi connectivity index (χ2n) is 5.41. The van der Waals surface area contributed by atoms with Crippen molar-refractivity contribution in [3.05, 3.63) is 54.1 Å². The Morgan fingerprint density at radius 3 is 2.67 bits per heavy atom. The first-order valence-corrected chi connectivity index (χ1v) is 7.57. The molecule has 1 saturated heterocycles. The summed E-state index contributed by atoms with van der Waals surface area (Å²) in [7, 11) is 1.70. The van der Waals surface area contributed by atoms with Crippen LogP contribution in [0, 0.1) is 0 Å². The molecule has 0 atom stereocenters. The minimum atomic E-state index is 0.833. The Morgan fingerprint density at radius 2 is 1.86 bits per heavy atom. The molecular formula is C18H22N2O. The van der Waals surface area contributed by atoms with Crippen LogP contribution in [0.1, 0.15) is 18.4 Å². The van der Waals surface area contributed by atoms with Crippen LogP contribution in [0.2, 0.25) is 0 Å². The fourth-order valence-electron chi connectivity index (χ4n) is 2.86. The summed E-state index contributed by atoms with van der Waals surface area (Å²) < 4.78 is 5.26. The number of benzene rings is 2. The van der Waals surface area contributed by atoms with Crippen LogP contribution in [0.15, 0.2) is 48.5 Å². The molecule has 3 heteroatoms. The zero-order valence-electron chi connectivity index (χ0n) is 12.5. The van der Waals surface area contributed by atoms with Crippen molar-refractivity contribution >= 4 is 11.4 Å². The van der Waals surface area contributed by atoms with Crippen molar-refractivity contribution in [1.82, 2.24) is 0 Å². The van der Waals surface area contributed by atoms with Gasteiger partial charge in [-0.2, -0.15) is 0 Å². The maximum atomic E-state index is 5.26. The van der Waals surface area contributed by atoms with Gasteiger partial charge in [0.1, 0.15) is 5.75 Å². The molecule has 0 radical (unpaired) electrons. The van der Waals surface area contributed by atoms with Gasteiger partial charge in [-0.25, -0.2) is 0 Å². The Bertz CT molecular complexity index is 591. The van der Waals surface area contributed by atoms with E-state index in [1.165, 1.54) is 37.2 Å². The van der Waals surface area contributed by atoms with E-state index < -0.39 is 0 Å². The van der Waals surface area contributed by atoms with Gasteiger partial charge in [0.05, 0.1) is 7.11 Å². The molecule has 0 saturated carbocycles. The lowest BCUT2D eigenvalue weighted by Crippen LogP contribution is -2.19. The van der Waals surface area contributed by atoms with Crippen LogP contribution in [0.5, 0.6) is 5.75 Å². The molecule has 1 fully saturated rings. The summed E-state index contributed by atoms with van der Waals surface area (Å²) in [6.07, 6.45) is 2.61. The van der Waals surface area contributed by atoms with Gasteiger partial charge in [-0.1, -0.05) is 24.3 Å². The third-order valence-electron chi connectivity index (χ3n) is 3.99. The molecule has 1 N–H and O–H groups in total. The molecule has 3 nitrogen and oxygen atoms in total. The van der Waals surface area contributed by atoms with Crippen LogP contribution in [-0.2, 0) is 6.54 Å². The topological polar surface area (TPSA) is 24.5 Å². The molecule has 2 aromatic rings. The van der Waals surface area contributed by atoms with Crippen molar-refractivity contribution in [2.45, 2.75) is 19.4 Å². The highest BCUT2D eigenvalue weighted by molar-refractivity contribution is 5.56. The van der Waals surface area contributed by atoms with E-state index in [1.54, 1.807) is 7.11 Å². The monoisotopic (exact) mass is 282 g/mol. The van der Waals surface area contributed by atoms with Gasteiger partial charge in [0, 0.05) is 37.1 Å². The van der Waals surface area contributed by atoms with E-state index in [1.807, 2.05) is 18.2 Å². The predicted molar refractivity (Wildman–Crippen MR) is 88.2 cm³/mol. The summed E-state index contributed by atoms with van der Waals surface area (Å²) in [4.78, 5) is 2.49. The lowest BCUT2D eigenvalue weighted by atomic mass is 10.1. The van der Waals surface area contributed by atoms with Crippen LogP contribution in [0.3, 0.4) is 0 Å². The van der Waals surface area contributed by atoms with Crippen LogP contribution in [-0.4, -0.2) is 20.2 Å². The number of nitrogens with one attached hydrogen (secondary N) is 1. The lowest BCUT2D eigenvalue weighted by Gasteiger charge is -2.21. The summed E-state index contributed by atoms with van der Waals surface area (Å²) >= 11 is 0. The standard InChI is InChI=1S/C18H22N2O/c1-21-17-9-6-8-16(13-17)19-14-15-7-2-3-10-18(15)20-11-4-5-12-20/h2-3,6-10,13,19H,4-5,11-12,14H2,1H3. The molecule has 1 aliphatic heterocycles. The number of methoxy groups -OCH3 is 1. The number of para-hydroxylation sites is 1. The summed E-state index contributed by atoms with van der Waals surface area (Å²) in [5.41, 5.74) is 3.80. The van der Waals surface area contributed by atoms with Crippen LogP contribution in [0.4, 0.5) is 11.4 Å². The maximum absolute atomic E-state index is 5.26. The molecule has 0 spiro atoms. The van der Waals surface area contributed by atoms with Crippen molar-refractivity contribution in [2.24, 2.45) is 0 Å². The Hall–Kier alpha value is -2.16. The van der Waals surface area contributed by atoms with Crippen LogP contribution < -0.4 is 15.0 Å². The molecule has 110 valence electrons. The molecule has 1 heterocycles. The number of rotatable bonds is 5. The highest BCUT2D eigenvalue weighted by Gasteiger charge is 2.14. The lowest BCUT2D eigenvalue weighted by molar-refractivity contribution is 0.415. The molecule has 0 amide bonds. The summed E-state index contributed by atoms with van der Waals surface area (Å²) in [5.74, 6) is 0.882. The smallest absolute Gasteiger partial charge is 0.120 e. The van der Waals surface area contributed by atoms with Gasteiger partial charge in [0.2, 0.25) is 0 Å². The second-order valence-corrected chi connectivity index (χ2v) is 5.41. The van der Waals surface area contributed by atoms with Gasteiger partial charge >= 0.3 is 0 Å². The quantitative estimate of drug-likeness (QED) is 0.900. The highest BCUT2D eigenvalue weighted by Crippen LogP contribution is 2.25. The van der Waals surface area contributed by atoms with E-state index >= 15 is 0 Å². The van der Waals surface area contributed by atoms with E-state index in [0.29, 0.717) is 0 Å². The predicted octanol–water partition coefficient (Wildman–Crippen LogP) is 3.91. The first kappa shape index (κ1) is 13.8. The Balaban J connectivity index is 1.72. The fourth-order valence-corrected chi connectivity index (χ4v) is 2.86. The normalized spacial score (nSPS) is 14.2. The van der Waals surface area contributed by atoms with Crippen molar-refractivity contribution in [3.63, 3.8) is 0 Å². The van der Waals surface area contributed by atoms with E-state index in [4.69, 9.17) is 4.74 Å². The zero-order chi connectivity index (χ0) is 14.5. The Labute approximate surface area is 126 Å².